The van der Waals surface area contributed by atoms with E-state index in [0.29, 0.717) is 18.8 Å². The smallest absolute Gasteiger partial charge is 0.271 e. The minimum atomic E-state index is -0.125. The number of carbonyl (C=O) groups is 1. The molecule has 0 atom stereocenters. The zero-order chi connectivity index (χ0) is 13.2. The molecule has 1 rings (SSSR count). The van der Waals surface area contributed by atoms with Crippen molar-refractivity contribution < 1.29 is 9.53 Å². The second kappa shape index (κ2) is 8.69. The molecule has 0 aromatic carbocycles. The standard InChI is InChI=1S/C13H23N3O2/c1-3-5-8-18-9-6-7-14-13(17)12-10-11(4-2)15-16-12/h10H,3-9H2,1-2H3,(H,14,17)(H,15,16). The van der Waals surface area contributed by atoms with Crippen molar-refractivity contribution in [3.05, 3.63) is 17.5 Å². The summed E-state index contributed by atoms with van der Waals surface area (Å²) in [5.41, 5.74) is 1.43. The minimum absolute atomic E-state index is 0.125. The summed E-state index contributed by atoms with van der Waals surface area (Å²) in [6.45, 7) is 6.28. The molecule has 18 heavy (non-hydrogen) atoms. The molecule has 0 bridgehead atoms. The molecule has 1 heterocycles. The number of carbonyl (C=O) groups excluding carboxylic acids is 1. The van der Waals surface area contributed by atoms with Gasteiger partial charge in [0.25, 0.3) is 5.91 Å². The highest BCUT2D eigenvalue weighted by molar-refractivity contribution is 5.92. The number of aromatic amines is 1. The molecule has 0 saturated carbocycles. The summed E-state index contributed by atoms with van der Waals surface area (Å²) < 4.78 is 5.41. The summed E-state index contributed by atoms with van der Waals surface area (Å²) >= 11 is 0. The Kier molecular flexibility index (Phi) is 7.10. The van der Waals surface area contributed by atoms with E-state index in [9.17, 15) is 4.79 Å². The Balaban J connectivity index is 2.10. The van der Waals surface area contributed by atoms with E-state index in [2.05, 4.69) is 22.4 Å². The third-order valence-corrected chi connectivity index (χ3v) is 2.64. The van der Waals surface area contributed by atoms with Gasteiger partial charge in [-0.05, 0) is 25.3 Å². The number of nitrogens with one attached hydrogen (secondary N) is 2. The molecule has 0 aliphatic heterocycles. The number of aromatic nitrogens is 2. The van der Waals surface area contributed by atoms with Crippen LogP contribution in [0.3, 0.4) is 0 Å². The molecular weight excluding hydrogens is 230 g/mol. The molecule has 0 fully saturated rings. The van der Waals surface area contributed by atoms with Gasteiger partial charge in [-0.1, -0.05) is 20.3 Å². The molecule has 0 unspecified atom stereocenters. The highest BCUT2D eigenvalue weighted by Gasteiger charge is 2.08. The number of aryl methyl sites for hydroxylation is 1. The van der Waals surface area contributed by atoms with E-state index in [0.717, 1.165) is 38.0 Å². The van der Waals surface area contributed by atoms with Crippen LogP contribution in [0, 0.1) is 0 Å². The molecule has 2 N–H and O–H groups in total. The fourth-order valence-corrected chi connectivity index (χ4v) is 1.47. The first-order valence-corrected chi connectivity index (χ1v) is 6.68. The molecule has 0 aliphatic carbocycles. The first-order valence-electron chi connectivity index (χ1n) is 6.68. The summed E-state index contributed by atoms with van der Waals surface area (Å²) in [5.74, 6) is -0.125. The van der Waals surface area contributed by atoms with Crippen molar-refractivity contribution in [3.63, 3.8) is 0 Å². The van der Waals surface area contributed by atoms with Crippen molar-refractivity contribution in [2.75, 3.05) is 19.8 Å². The Morgan fingerprint density at radius 1 is 1.39 bits per heavy atom. The molecule has 102 valence electrons. The molecule has 0 spiro atoms. The first kappa shape index (κ1) is 14.7. The van der Waals surface area contributed by atoms with Crippen molar-refractivity contribution in [2.45, 2.75) is 39.5 Å². The third-order valence-electron chi connectivity index (χ3n) is 2.64. The zero-order valence-corrected chi connectivity index (χ0v) is 11.3. The van der Waals surface area contributed by atoms with Gasteiger partial charge < -0.3 is 10.1 Å². The van der Waals surface area contributed by atoms with Crippen LogP contribution in [-0.2, 0) is 11.2 Å². The number of rotatable bonds is 9. The fourth-order valence-electron chi connectivity index (χ4n) is 1.47. The van der Waals surface area contributed by atoms with Gasteiger partial charge in [-0.15, -0.1) is 0 Å². The van der Waals surface area contributed by atoms with E-state index in [1.165, 1.54) is 0 Å². The summed E-state index contributed by atoms with van der Waals surface area (Å²) in [4.78, 5) is 11.7. The Morgan fingerprint density at radius 3 is 2.83 bits per heavy atom. The van der Waals surface area contributed by atoms with Gasteiger partial charge in [0.15, 0.2) is 0 Å². The summed E-state index contributed by atoms with van der Waals surface area (Å²) in [6.07, 6.45) is 3.93. The lowest BCUT2D eigenvalue weighted by Gasteiger charge is -2.04. The molecular formula is C13H23N3O2. The lowest BCUT2D eigenvalue weighted by molar-refractivity contribution is 0.0935. The van der Waals surface area contributed by atoms with Crippen LogP contribution in [0.5, 0.6) is 0 Å². The first-order chi connectivity index (χ1) is 8.77. The van der Waals surface area contributed by atoms with Gasteiger partial charge in [-0.25, -0.2) is 0 Å². The number of hydrogen-bond acceptors (Lipinski definition) is 3. The second-order valence-corrected chi connectivity index (χ2v) is 4.21. The van der Waals surface area contributed by atoms with Crippen LogP contribution in [0.1, 0.15) is 49.3 Å². The number of H-pyrrole nitrogens is 1. The van der Waals surface area contributed by atoms with E-state index in [4.69, 9.17) is 4.74 Å². The summed E-state index contributed by atoms with van der Waals surface area (Å²) in [7, 11) is 0. The van der Waals surface area contributed by atoms with Crippen LogP contribution in [-0.4, -0.2) is 35.9 Å². The van der Waals surface area contributed by atoms with E-state index in [1.54, 1.807) is 6.07 Å². The molecule has 1 aromatic rings. The number of unbranched alkanes of at least 4 members (excludes halogenated alkanes) is 1. The SMILES string of the molecule is CCCCOCCCNC(=O)c1cc(CC)[nH]n1. The quantitative estimate of drug-likeness (QED) is 0.661. The molecule has 0 radical (unpaired) electrons. The van der Waals surface area contributed by atoms with Crippen LogP contribution in [0.2, 0.25) is 0 Å². The van der Waals surface area contributed by atoms with Crippen molar-refractivity contribution in [1.82, 2.24) is 15.5 Å². The van der Waals surface area contributed by atoms with Crippen LogP contribution in [0.4, 0.5) is 0 Å². The average Bonchev–Trinajstić information content (AvgIpc) is 2.86. The van der Waals surface area contributed by atoms with Gasteiger partial charge in [0.2, 0.25) is 0 Å². The van der Waals surface area contributed by atoms with Crippen molar-refractivity contribution >= 4 is 5.91 Å². The summed E-state index contributed by atoms with van der Waals surface area (Å²) in [5, 5.41) is 9.61. The van der Waals surface area contributed by atoms with E-state index in [-0.39, 0.29) is 5.91 Å². The van der Waals surface area contributed by atoms with Gasteiger partial charge in [-0.2, -0.15) is 5.10 Å². The predicted molar refractivity (Wildman–Crippen MR) is 70.6 cm³/mol. The van der Waals surface area contributed by atoms with Gasteiger partial charge in [0.1, 0.15) is 5.69 Å². The zero-order valence-electron chi connectivity index (χ0n) is 11.3. The number of amides is 1. The van der Waals surface area contributed by atoms with Crippen molar-refractivity contribution in [1.29, 1.82) is 0 Å². The van der Waals surface area contributed by atoms with Gasteiger partial charge in [0.05, 0.1) is 0 Å². The van der Waals surface area contributed by atoms with E-state index < -0.39 is 0 Å². The largest absolute Gasteiger partial charge is 0.381 e. The van der Waals surface area contributed by atoms with Gasteiger partial charge in [0, 0.05) is 25.5 Å². The molecule has 1 amide bonds. The van der Waals surface area contributed by atoms with Crippen LogP contribution < -0.4 is 5.32 Å². The maximum atomic E-state index is 11.7. The van der Waals surface area contributed by atoms with E-state index in [1.807, 2.05) is 6.92 Å². The van der Waals surface area contributed by atoms with Crippen LogP contribution in [0.25, 0.3) is 0 Å². The monoisotopic (exact) mass is 253 g/mol. The lowest BCUT2D eigenvalue weighted by Crippen LogP contribution is -2.25. The molecule has 5 nitrogen and oxygen atoms in total. The topological polar surface area (TPSA) is 67.0 Å². The van der Waals surface area contributed by atoms with E-state index >= 15 is 0 Å². The Morgan fingerprint density at radius 2 is 2.17 bits per heavy atom. The average molecular weight is 253 g/mol. The Bertz CT molecular complexity index is 350. The lowest BCUT2D eigenvalue weighted by atomic mass is 10.3. The molecule has 0 aliphatic rings. The van der Waals surface area contributed by atoms with Crippen molar-refractivity contribution in [3.8, 4) is 0 Å². The fraction of sp³-hybridized carbons (Fsp3) is 0.692. The maximum absolute atomic E-state index is 11.7. The van der Waals surface area contributed by atoms with Crippen molar-refractivity contribution in [2.24, 2.45) is 0 Å². The Hall–Kier alpha value is -1.36. The second-order valence-electron chi connectivity index (χ2n) is 4.21. The normalized spacial score (nSPS) is 10.6. The predicted octanol–water partition coefficient (Wildman–Crippen LogP) is 1.91. The maximum Gasteiger partial charge on any atom is 0.271 e. The van der Waals surface area contributed by atoms with Gasteiger partial charge in [-0.3, -0.25) is 9.89 Å². The number of hydrogen-bond donors (Lipinski definition) is 2. The number of nitrogens with zero attached hydrogens (tertiary/aromatic N) is 1. The minimum Gasteiger partial charge on any atom is -0.381 e. The molecule has 5 heteroatoms. The van der Waals surface area contributed by atoms with Gasteiger partial charge >= 0.3 is 0 Å². The van der Waals surface area contributed by atoms with Crippen LogP contribution >= 0.6 is 0 Å². The summed E-state index contributed by atoms with van der Waals surface area (Å²) in [6, 6.07) is 1.78. The highest BCUT2D eigenvalue weighted by Crippen LogP contribution is 1.99. The molecule has 1 aromatic heterocycles. The van der Waals surface area contributed by atoms with Crippen LogP contribution in [0.15, 0.2) is 6.07 Å². The highest BCUT2D eigenvalue weighted by atomic mass is 16.5. The number of ether oxygens (including phenoxy) is 1. The Labute approximate surface area is 108 Å². The third kappa shape index (κ3) is 5.31. The molecule has 0 saturated heterocycles.